The van der Waals surface area contributed by atoms with Crippen LogP contribution in [0.2, 0.25) is 0 Å². The smallest absolute Gasteiger partial charge is 0.220 e. The van der Waals surface area contributed by atoms with Gasteiger partial charge in [0.1, 0.15) is 5.82 Å². The Morgan fingerprint density at radius 2 is 2.20 bits per heavy atom. The molecule has 0 unspecified atom stereocenters. The number of aryl methyl sites for hydroxylation is 1. The summed E-state index contributed by atoms with van der Waals surface area (Å²) in [6.07, 6.45) is 9.13. The van der Waals surface area contributed by atoms with Crippen molar-refractivity contribution < 1.29 is 0 Å². The number of likely N-dealkylation sites (tertiary alicyclic amines) is 1. The maximum atomic E-state index is 5.71. The van der Waals surface area contributed by atoms with E-state index >= 15 is 0 Å². The van der Waals surface area contributed by atoms with E-state index in [9.17, 15) is 0 Å². The van der Waals surface area contributed by atoms with Gasteiger partial charge in [-0.3, -0.25) is 4.90 Å². The van der Waals surface area contributed by atoms with E-state index in [1.54, 1.807) is 6.20 Å². The second kappa shape index (κ2) is 5.58. The molecule has 0 aliphatic carbocycles. The second-order valence-corrected chi connectivity index (χ2v) is 5.28. The first-order valence-corrected chi connectivity index (χ1v) is 7.02. The van der Waals surface area contributed by atoms with Crippen LogP contribution in [0.5, 0.6) is 0 Å². The third kappa shape index (κ3) is 2.65. The maximum absolute atomic E-state index is 5.71. The van der Waals surface area contributed by atoms with Gasteiger partial charge in [0.15, 0.2) is 0 Å². The van der Waals surface area contributed by atoms with Gasteiger partial charge >= 0.3 is 0 Å². The van der Waals surface area contributed by atoms with Crippen LogP contribution >= 0.6 is 0 Å². The number of imidazole rings is 1. The number of nitrogen functional groups attached to an aromatic ring is 1. The molecule has 1 aliphatic rings. The van der Waals surface area contributed by atoms with Gasteiger partial charge in [0.05, 0.1) is 18.3 Å². The minimum absolute atomic E-state index is 0.311. The zero-order valence-electron chi connectivity index (χ0n) is 11.7. The van der Waals surface area contributed by atoms with Crippen molar-refractivity contribution in [2.75, 3.05) is 12.3 Å². The van der Waals surface area contributed by atoms with E-state index in [-0.39, 0.29) is 0 Å². The molecule has 0 spiro atoms. The standard InChI is InChI=1S/C14H20N6/c1-19-9-7-16-13(19)10-20-8-3-2-4-12(20)11-5-6-17-14(15)18-11/h5-7,9,12H,2-4,8,10H2,1H3,(H2,15,17,18)/t12-/m0/s1. The Morgan fingerprint density at radius 1 is 1.30 bits per heavy atom. The van der Waals surface area contributed by atoms with Crippen LogP contribution in [0.3, 0.4) is 0 Å². The fraction of sp³-hybridized carbons (Fsp3) is 0.500. The number of anilines is 1. The van der Waals surface area contributed by atoms with Crippen molar-refractivity contribution in [2.24, 2.45) is 7.05 Å². The van der Waals surface area contributed by atoms with Crippen LogP contribution in [0.1, 0.15) is 36.8 Å². The summed E-state index contributed by atoms with van der Waals surface area (Å²) >= 11 is 0. The molecule has 0 aromatic carbocycles. The molecule has 6 heteroatoms. The predicted octanol–water partition coefficient (Wildman–Crippen LogP) is 1.52. The average molecular weight is 272 g/mol. The van der Waals surface area contributed by atoms with E-state index in [1.807, 2.05) is 25.5 Å². The van der Waals surface area contributed by atoms with E-state index in [0.29, 0.717) is 12.0 Å². The van der Waals surface area contributed by atoms with Crippen molar-refractivity contribution in [2.45, 2.75) is 31.8 Å². The normalized spacial score (nSPS) is 20.1. The van der Waals surface area contributed by atoms with Crippen LogP contribution in [0, 0.1) is 0 Å². The molecule has 106 valence electrons. The first-order valence-electron chi connectivity index (χ1n) is 7.02. The lowest BCUT2D eigenvalue weighted by Gasteiger charge is -2.35. The van der Waals surface area contributed by atoms with Crippen LogP contribution in [0.15, 0.2) is 24.7 Å². The van der Waals surface area contributed by atoms with Crippen molar-refractivity contribution in [3.05, 3.63) is 36.2 Å². The molecule has 1 atom stereocenters. The van der Waals surface area contributed by atoms with Crippen molar-refractivity contribution in [1.29, 1.82) is 0 Å². The molecule has 6 nitrogen and oxygen atoms in total. The lowest BCUT2D eigenvalue weighted by Crippen LogP contribution is -2.34. The van der Waals surface area contributed by atoms with Gasteiger partial charge in [-0.05, 0) is 25.5 Å². The van der Waals surface area contributed by atoms with Gasteiger partial charge in [-0.15, -0.1) is 0 Å². The Morgan fingerprint density at radius 3 is 2.95 bits per heavy atom. The molecule has 2 N–H and O–H groups in total. The van der Waals surface area contributed by atoms with Gasteiger partial charge in [0.25, 0.3) is 0 Å². The Balaban J connectivity index is 1.82. The van der Waals surface area contributed by atoms with Crippen LogP contribution in [0.4, 0.5) is 5.95 Å². The molecule has 0 saturated carbocycles. The summed E-state index contributed by atoms with van der Waals surface area (Å²) in [6.45, 7) is 1.92. The van der Waals surface area contributed by atoms with Crippen molar-refractivity contribution in [1.82, 2.24) is 24.4 Å². The number of hydrogen-bond acceptors (Lipinski definition) is 5. The van der Waals surface area contributed by atoms with Gasteiger partial charge in [0, 0.05) is 25.6 Å². The highest BCUT2D eigenvalue weighted by molar-refractivity contribution is 5.20. The highest BCUT2D eigenvalue weighted by Gasteiger charge is 2.26. The summed E-state index contributed by atoms with van der Waals surface area (Å²) in [7, 11) is 2.03. The minimum atomic E-state index is 0.311. The molecular weight excluding hydrogens is 252 g/mol. The van der Waals surface area contributed by atoms with E-state index in [4.69, 9.17) is 5.73 Å². The molecule has 1 saturated heterocycles. The second-order valence-electron chi connectivity index (χ2n) is 5.28. The van der Waals surface area contributed by atoms with Crippen molar-refractivity contribution in [3.8, 4) is 0 Å². The number of hydrogen-bond donors (Lipinski definition) is 1. The third-order valence-electron chi connectivity index (χ3n) is 3.92. The van der Waals surface area contributed by atoms with Crippen LogP contribution in [0.25, 0.3) is 0 Å². The molecule has 0 amide bonds. The Hall–Kier alpha value is -1.95. The van der Waals surface area contributed by atoms with Crippen LogP contribution < -0.4 is 5.73 Å². The Bertz CT molecular complexity index is 579. The molecule has 1 aliphatic heterocycles. The van der Waals surface area contributed by atoms with Gasteiger partial charge < -0.3 is 10.3 Å². The van der Waals surface area contributed by atoms with Gasteiger partial charge in [0.2, 0.25) is 5.95 Å². The fourth-order valence-electron chi connectivity index (χ4n) is 2.82. The first-order chi connectivity index (χ1) is 9.74. The molecule has 0 bridgehead atoms. The van der Waals surface area contributed by atoms with E-state index in [2.05, 4.69) is 24.4 Å². The summed E-state index contributed by atoms with van der Waals surface area (Å²) in [5.41, 5.74) is 6.73. The van der Waals surface area contributed by atoms with Crippen molar-refractivity contribution >= 4 is 5.95 Å². The predicted molar refractivity (Wildman–Crippen MR) is 76.7 cm³/mol. The number of nitrogens with two attached hydrogens (primary N) is 1. The van der Waals surface area contributed by atoms with Gasteiger partial charge in [-0.25, -0.2) is 15.0 Å². The number of aromatic nitrogens is 4. The molecule has 3 heterocycles. The Labute approximate surface area is 118 Å². The molecule has 2 aromatic rings. The number of piperidine rings is 1. The summed E-state index contributed by atoms with van der Waals surface area (Å²) in [4.78, 5) is 15.2. The molecule has 1 fully saturated rings. The summed E-state index contributed by atoms with van der Waals surface area (Å²) in [5, 5.41) is 0. The maximum Gasteiger partial charge on any atom is 0.220 e. The summed E-state index contributed by atoms with van der Waals surface area (Å²) in [6, 6.07) is 2.28. The van der Waals surface area contributed by atoms with E-state index in [0.717, 1.165) is 31.0 Å². The average Bonchev–Trinajstić information content (AvgIpc) is 2.85. The summed E-state index contributed by atoms with van der Waals surface area (Å²) in [5.74, 6) is 1.43. The molecule has 0 radical (unpaired) electrons. The largest absolute Gasteiger partial charge is 0.368 e. The van der Waals surface area contributed by atoms with Crippen LogP contribution in [-0.4, -0.2) is 31.0 Å². The zero-order chi connectivity index (χ0) is 13.9. The lowest BCUT2D eigenvalue weighted by molar-refractivity contribution is 0.132. The highest BCUT2D eigenvalue weighted by Crippen LogP contribution is 2.30. The Kier molecular flexibility index (Phi) is 3.64. The number of rotatable bonds is 3. The first kappa shape index (κ1) is 13.1. The monoisotopic (exact) mass is 272 g/mol. The molecular formula is C14H20N6. The van der Waals surface area contributed by atoms with E-state index in [1.165, 1.54) is 12.8 Å². The lowest BCUT2D eigenvalue weighted by atomic mass is 9.99. The van der Waals surface area contributed by atoms with Crippen LogP contribution in [-0.2, 0) is 13.6 Å². The fourth-order valence-corrected chi connectivity index (χ4v) is 2.82. The number of nitrogens with zero attached hydrogens (tertiary/aromatic N) is 5. The minimum Gasteiger partial charge on any atom is -0.368 e. The third-order valence-corrected chi connectivity index (χ3v) is 3.92. The van der Waals surface area contributed by atoms with Gasteiger partial charge in [-0.2, -0.15) is 0 Å². The molecule has 2 aromatic heterocycles. The molecule has 3 rings (SSSR count). The van der Waals surface area contributed by atoms with Crippen molar-refractivity contribution in [3.63, 3.8) is 0 Å². The van der Waals surface area contributed by atoms with E-state index < -0.39 is 0 Å². The molecule has 20 heavy (non-hydrogen) atoms. The van der Waals surface area contributed by atoms with Gasteiger partial charge in [-0.1, -0.05) is 6.42 Å². The highest BCUT2D eigenvalue weighted by atomic mass is 15.2. The topological polar surface area (TPSA) is 72.9 Å². The zero-order valence-corrected chi connectivity index (χ0v) is 11.7. The quantitative estimate of drug-likeness (QED) is 0.917. The summed E-state index contributed by atoms with van der Waals surface area (Å²) < 4.78 is 2.07. The SMILES string of the molecule is Cn1ccnc1CN1CCCC[C@H]1c1ccnc(N)n1.